The fraction of sp³-hybridized carbons (Fsp3) is 0.583. The molecule has 1 fully saturated rings. The van der Waals surface area contributed by atoms with Gasteiger partial charge in [-0.25, -0.2) is 4.98 Å². The van der Waals surface area contributed by atoms with Crippen LogP contribution in [0.3, 0.4) is 0 Å². The van der Waals surface area contributed by atoms with Crippen LogP contribution in [0.15, 0.2) is 18.3 Å². The molecule has 82 valence electrons. The van der Waals surface area contributed by atoms with Crippen LogP contribution < -0.4 is 4.74 Å². The molecule has 3 heteroatoms. The summed E-state index contributed by atoms with van der Waals surface area (Å²) in [5.41, 5.74) is 0. The van der Waals surface area contributed by atoms with Crippen LogP contribution in [0.25, 0.3) is 0 Å². The molecule has 2 nitrogen and oxygen atoms in total. The highest BCUT2D eigenvalue weighted by Crippen LogP contribution is 2.26. The molecule has 1 aliphatic carbocycles. The number of hydrogen-bond acceptors (Lipinski definition) is 2. The van der Waals surface area contributed by atoms with E-state index in [9.17, 15) is 0 Å². The second kappa shape index (κ2) is 4.84. The number of halogens is 1. The van der Waals surface area contributed by atoms with E-state index in [0.29, 0.717) is 17.0 Å². The predicted octanol–water partition coefficient (Wildman–Crippen LogP) is 3.69. The maximum absolute atomic E-state index is 5.81. The summed E-state index contributed by atoms with van der Waals surface area (Å²) >= 11 is 5.76. The molecule has 1 aliphatic rings. The zero-order chi connectivity index (χ0) is 10.7. The highest BCUT2D eigenvalue weighted by Gasteiger charge is 2.20. The van der Waals surface area contributed by atoms with Crippen LogP contribution in [-0.2, 0) is 0 Å². The molecule has 2 rings (SSSR count). The third-order valence-corrected chi connectivity index (χ3v) is 3.10. The van der Waals surface area contributed by atoms with E-state index in [4.69, 9.17) is 16.3 Å². The number of rotatable bonds is 2. The zero-order valence-electron chi connectivity index (χ0n) is 8.95. The largest absolute Gasteiger partial charge is 0.474 e. The topological polar surface area (TPSA) is 22.1 Å². The molecule has 0 N–H and O–H groups in total. The predicted molar refractivity (Wildman–Crippen MR) is 61.3 cm³/mol. The Morgan fingerprint density at radius 2 is 2.27 bits per heavy atom. The second-order valence-corrected chi connectivity index (χ2v) is 4.76. The summed E-state index contributed by atoms with van der Waals surface area (Å²) in [6.07, 6.45) is 6.84. The van der Waals surface area contributed by atoms with Gasteiger partial charge >= 0.3 is 0 Å². The fourth-order valence-electron chi connectivity index (χ4n) is 2.09. The lowest BCUT2D eigenvalue weighted by atomic mass is 9.89. The van der Waals surface area contributed by atoms with Gasteiger partial charge in [-0.05, 0) is 31.2 Å². The van der Waals surface area contributed by atoms with Crippen LogP contribution in [-0.4, -0.2) is 11.1 Å². The molecule has 0 radical (unpaired) electrons. The quantitative estimate of drug-likeness (QED) is 0.766. The van der Waals surface area contributed by atoms with Crippen molar-refractivity contribution in [2.75, 3.05) is 0 Å². The van der Waals surface area contributed by atoms with Gasteiger partial charge in [-0.3, -0.25) is 0 Å². The maximum atomic E-state index is 5.81. The molecule has 1 saturated carbocycles. The first-order valence-corrected chi connectivity index (χ1v) is 5.90. The van der Waals surface area contributed by atoms with E-state index in [2.05, 4.69) is 11.9 Å². The first-order valence-electron chi connectivity index (χ1n) is 5.52. The summed E-state index contributed by atoms with van der Waals surface area (Å²) in [6.45, 7) is 2.28. The van der Waals surface area contributed by atoms with Crippen molar-refractivity contribution in [2.45, 2.75) is 38.7 Å². The normalized spacial score (nSPS) is 26.3. The van der Waals surface area contributed by atoms with Crippen LogP contribution >= 0.6 is 11.6 Å². The van der Waals surface area contributed by atoms with Gasteiger partial charge in [0.15, 0.2) is 0 Å². The van der Waals surface area contributed by atoms with Gasteiger partial charge in [0, 0.05) is 12.3 Å². The standard InChI is InChI=1S/C12H16ClNO/c1-9-3-2-4-11(7-9)15-12-6-5-10(13)8-14-12/h5-6,8-9,11H,2-4,7H2,1H3. The van der Waals surface area contributed by atoms with Crippen LogP contribution in [0.5, 0.6) is 5.88 Å². The van der Waals surface area contributed by atoms with Gasteiger partial charge < -0.3 is 4.74 Å². The Hall–Kier alpha value is -0.760. The molecule has 0 saturated heterocycles. The van der Waals surface area contributed by atoms with Crippen molar-refractivity contribution >= 4 is 11.6 Å². The summed E-state index contributed by atoms with van der Waals surface area (Å²) in [5, 5.41) is 0.652. The maximum Gasteiger partial charge on any atom is 0.213 e. The third kappa shape index (κ3) is 3.10. The molecule has 1 aromatic heterocycles. The van der Waals surface area contributed by atoms with E-state index in [0.717, 1.165) is 18.8 Å². The average Bonchev–Trinajstić information content (AvgIpc) is 2.22. The van der Waals surface area contributed by atoms with Crippen LogP contribution in [0, 0.1) is 5.92 Å². The molecule has 0 aliphatic heterocycles. The van der Waals surface area contributed by atoms with Crippen molar-refractivity contribution in [2.24, 2.45) is 5.92 Å². The summed E-state index contributed by atoms with van der Waals surface area (Å²) in [6, 6.07) is 3.65. The Labute approximate surface area is 95.6 Å². The zero-order valence-corrected chi connectivity index (χ0v) is 9.70. The Bertz CT molecular complexity index is 312. The lowest BCUT2D eigenvalue weighted by Crippen LogP contribution is -2.24. The van der Waals surface area contributed by atoms with Crippen molar-refractivity contribution in [1.29, 1.82) is 0 Å². The molecule has 0 amide bonds. The van der Waals surface area contributed by atoms with E-state index in [1.165, 1.54) is 12.8 Å². The Balaban J connectivity index is 1.93. The van der Waals surface area contributed by atoms with Crippen LogP contribution in [0.2, 0.25) is 5.02 Å². The molecule has 0 bridgehead atoms. The molecule has 15 heavy (non-hydrogen) atoms. The van der Waals surface area contributed by atoms with E-state index >= 15 is 0 Å². The fourth-order valence-corrected chi connectivity index (χ4v) is 2.20. The lowest BCUT2D eigenvalue weighted by molar-refractivity contribution is 0.124. The lowest BCUT2D eigenvalue weighted by Gasteiger charge is -2.26. The van der Waals surface area contributed by atoms with Crippen molar-refractivity contribution in [3.8, 4) is 5.88 Å². The SMILES string of the molecule is CC1CCCC(Oc2ccc(Cl)cn2)C1. The molecular weight excluding hydrogens is 210 g/mol. The van der Waals surface area contributed by atoms with Crippen molar-refractivity contribution in [3.05, 3.63) is 23.4 Å². The Morgan fingerprint density at radius 1 is 1.40 bits per heavy atom. The minimum Gasteiger partial charge on any atom is -0.474 e. The number of aromatic nitrogens is 1. The molecule has 2 atom stereocenters. The number of nitrogens with zero attached hydrogens (tertiary/aromatic N) is 1. The summed E-state index contributed by atoms with van der Waals surface area (Å²) in [5.74, 6) is 1.47. The average molecular weight is 226 g/mol. The van der Waals surface area contributed by atoms with Crippen molar-refractivity contribution in [1.82, 2.24) is 4.98 Å². The van der Waals surface area contributed by atoms with Crippen molar-refractivity contribution in [3.63, 3.8) is 0 Å². The first-order chi connectivity index (χ1) is 7.24. The Kier molecular flexibility index (Phi) is 3.47. The van der Waals surface area contributed by atoms with Gasteiger partial charge in [-0.15, -0.1) is 0 Å². The van der Waals surface area contributed by atoms with E-state index in [1.807, 2.05) is 12.1 Å². The third-order valence-electron chi connectivity index (χ3n) is 2.88. The van der Waals surface area contributed by atoms with Crippen LogP contribution in [0.1, 0.15) is 32.6 Å². The van der Waals surface area contributed by atoms with Gasteiger partial charge in [-0.1, -0.05) is 24.9 Å². The number of hydrogen-bond donors (Lipinski definition) is 0. The highest BCUT2D eigenvalue weighted by atomic mass is 35.5. The van der Waals surface area contributed by atoms with Crippen molar-refractivity contribution < 1.29 is 4.74 Å². The van der Waals surface area contributed by atoms with Gasteiger partial charge in [0.1, 0.15) is 6.10 Å². The molecule has 1 heterocycles. The van der Waals surface area contributed by atoms with Crippen LogP contribution in [0.4, 0.5) is 0 Å². The van der Waals surface area contributed by atoms with E-state index in [-0.39, 0.29) is 0 Å². The van der Waals surface area contributed by atoms with Gasteiger partial charge in [0.25, 0.3) is 0 Å². The van der Waals surface area contributed by atoms with Gasteiger partial charge in [-0.2, -0.15) is 0 Å². The molecular formula is C12H16ClNO. The minimum atomic E-state index is 0.336. The number of ether oxygens (including phenoxy) is 1. The second-order valence-electron chi connectivity index (χ2n) is 4.33. The molecule has 1 aromatic rings. The monoisotopic (exact) mass is 225 g/mol. The first kappa shape index (κ1) is 10.7. The van der Waals surface area contributed by atoms with E-state index in [1.54, 1.807) is 6.20 Å². The highest BCUT2D eigenvalue weighted by molar-refractivity contribution is 6.30. The summed E-state index contributed by atoms with van der Waals surface area (Å²) in [7, 11) is 0. The molecule has 2 unspecified atom stereocenters. The minimum absolute atomic E-state index is 0.336. The number of pyridine rings is 1. The van der Waals surface area contributed by atoms with E-state index < -0.39 is 0 Å². The smallest absolute Gasteiger partial charge is 0.213 e. The molecule has 0 spiro atoms. The Morgan fingerprint density at radius 3 is 2.93 bits per heavy atom. The summed E-state index contributed by atoms with van der Waals surface area (Å²) < 4.78 is 5.81. The summed E-state index contributed by atoms with van der Waals surface area (Å²) in [4.78, 5) is 4.14. The van der Waals surface area contributed by atoms with Gasteiger partial charge in [0.05, 0.1) is 5.02 Å². The van der Waals surface area contributed by atoms with Gasteiger partial charge in [0.2, 0.25) is 5.88 Å². The molecule has 0 aromatic carbocycles.